The average Bonchev–Trinajstić information content (AvgIpc) is 3.34. The number of ether oxygens (including phenoxy) is 2. The summed E-state index contributed by atoms with van der Waals surface area (Å²) < 4.78 is 10.7. The van der Waals surface area contributed by atoms with Gasteiger partial charge in [-0.2, -0.15) is 0 Å². The molecule has 0 aliphatic heterocycles. The minimum atomic E-state index is -0.788. The van der Waals surface area contributed by atoms with E-state index in [1.54, 1.807) is 0 Å². The molecule has 386 valence electrons. The molecule has 0 aromatic rings. The standard InChI is InChI=1S/C63H104O5/c1-3-5-7-9-11-13-15-17-19-21-22-23-24-25-26-27-28-29-30-31-32-33-34-35-36-37-38-39-40-42-44-46-48-50-52-54-56-58-63(66)68-61(59-64)60-67-62(65)57-55-53-51-49-47-45-43-41-20-18-16-14-12-10-8-6-4-2/h5-8,11-14,17-20,22-23,25-26,28-29,43,45,61,64H,3-4,9-10,15-16,21,24,27,30-42,44,46-60H2,1-2H3/b7-5-,8-6-,13-11-,14-12-,19-17-,20-18-,23-22-,26-25-,29-28-,45-43-. The van der Waals surface area contributed by atoms with Gasteiger partial charge in [-0.25, -0.2) is 0 Å². The van der Waals surface area contributed by atoms with Crippen molar-refractivity contribution in [2.75, 3.05) is 13.2 Å². The predicted molar refractivity (Wildman–Crippen MR) is 297 cm³/mol. The smallest absolute Gasteiger partial charge is 0.306 e. The van der Waals surface area contributed by atoms with Crippen molar-refractivity contribution in [1.29, 1.82) is 0 Å². The van der Waals surface area contributed by atoms with Gasteiger partial charge in [0.2, 0.25) is 0 Å². The van der Waals surface area contributed by atoms with Crippen molar-refractivity contribution < 1.29 is 24.2 Å². The van der Waals surface area contributed by atoms with Crippen molar-refractivity contribution in [2.45, 2.75) is 251 Å². The fourth-order valence-electron chi connectivity index (χ4n) is 7.61. The van der Waals surface area contributed by atoms with E-state index in [-0.39, 0.29) is 25.2 Å². The summed E-state index contributed by atoms with van der Waals surface area (Å²) in [6, 6.07) is 0. The van der Waals surface area contributed by atoms with Crippen molar-refractivity contribution in [2.24, 2.45) is 0 Å². The molecule has 0 saturated heterocycles. The first-order valence-corrected chi connectivity index (χ1v) is 28.1. The van der Waals surface area contributed by atoms with Crippen LogP contribution in [0.15, 0.2) is 122 Å². The molecule has 5 heteroatoms. The molecule has 68 heavy (non-hydrogen) atoms. The van der Waals surface area contributed by atoms with Crippen LogP contribution in [0.25, 0.3) is 0 Å². The molecule has 0 rings (SSSR count). The SMILES string of the molecule is CC/C=C\C/C=C\C/C=C\C/C=C\C/C=C\C/C=C\CCCCCCCCCCCCCCCCCCCCC(=O)OC(CO)COC(=O)CCCCCC/C=C\C/C=C\C/C=C\C/C=C\CC. The zero-order valence-corrected chi connectivity index (χ0v) is 44.1. The predicted octanol–water partition coefficient (Wildman–Crippen LogP) is 19.1. The topological polar surface area (TPSA) is 72.8 Å². The lowest BCUT2D eigenvalue weighted by atomic mass is 10.0. The number of hydrogen-bond acceptors (Lipinski definition) is 5. The summed E-state index contributed by atoms with van der Waals surface area (Å²) in [5.41, 5.74) is 0. The van der Waals surface area contributed by atoms with Gasteiger partial charge in [-0.05, 0) is 103 Å². The summed E-state index contributed by atoms with van der Waals surface area (Å²) in [6.45, 7) is 3.89. The Morgan fingerprint density at radius 2 is 0.588 bits per heavy atom. The summed E-state index contributed by atoms with van der Waals surface area (Å²) in [6.07, 6.45) is 84.6. The Morgan fingerprint density at radius 1 is 0.338 bits per heavy atom. The molecule has 0 aromatic carbocycles. The molecule has 0 heterocycles. The van der Waals surface area contributed by atoms with Crippen molar-refractivity contribution in [3.63, 3.8) is 0 Å². The normalized spacial score (nSPS) is 13.2. The van der Waals surface area contributed by atoms with Crippen molar-refractivity contribution in [1.82, 2.24) is 0 Å². The van der Waals surface area contributed by atoms with E-state index in [1.165, 1.54) is 103 Å². The Hall–Kier alpha value is -3.70. The molecule has 0 aromatic heterocycles. The first-order chi connectivity index (χ1) is 33.6. The lowest BCUT2D eigenvalue weighted by molar-refractivity contribution is -0.161. The second-order valence-corrected chi connectivity index (χ2v) is 18.2. The number of carbonyl (C=O) groups excluding carboxylic acids is 2. The molecule has 0 radical (unpaired) electrons. The molecule has 1 atom stereocenters. The van der Waals surface area contributed by atoms with E-state index in [9.17, 15) is 14.7 Å². The lowest BCUT2D eigenvalue weighted by Crippen LogP contribution is -2.28. The third-order valence-corrected chi connectivity index (χ3v) is 11.8. The van der Waals surface area contributed by atoms with Crippen LogP contribution in [0, 0.1) is 0 Å². The lowest BCUT2D eigenvalue weighted by Gasteiger charge is -2.15. The molecule has 0 amide bonds. The third-order valence-electron chi connectivity index (χ3n) is 11.8. The van der Waals surface area contributed by atoms with Gasteiger partial charge in [-0.3, -0.25) is 9.59 Å². The highest BCUT2D eigenvalue weighted by molar-refractivity contribution is 5.70. The number of rotatable bonds is 50. The van der Waals surface area contributed by atoms with Crippen LogP contribution in [0.4, 0.5) is 0 Å². The van der Waals surface area contributed by atoms with Crippen LogP contribution in [0.3, 0.4) is 0 Å². The zero-order chi connectivity index (χ0) is 49.2. The van der Waals surface area contributed by atoms with Crippen LogP contribution < -0.4 is 0 Å². The van der Waals surface area contributed by atoms with Crippen LogP contribution in [-0.2, 0) is 19.1 Å². The summed E-state index contributed by atoms with van der Waals surface area (Å²) in [5.74, 6) is -0.619. The third kappa shape index (κ3) is 54.9. The first kappa shape index (κ1) is 64.3. The van der Waals surface area contributed by atoms with Gasteiger partial charge in [0.1, 0.15) is 6.61 Å². The monoisotopic (exact) mass is 941 g/mol. The molecule has 0 spiro atoms. The van der Waals surface area contributed by atoms with E-state index < -0.39 is 6.10 Å². The molecule has 1 unspecified atom stereocenters. The summed E-state index contributed by atoms with van der Waals surface area (Å²) in [5, 5.41) is 9.64. The molecule has 0 saturated carbocycles. The number of carbonyl (C=O) groups is 2. The first-order valence-electron chi connectivity index (χ1n) is 28.1. The molecule has 0 aliphatic carbocycles. The van der Waals surface area contributed by atoms with Gasteiger partial charge in [-0.15, -0.1) is 0 Å². The highest BCUT2D eigenvalue weighted by Gasteiger charge is 2.16. The van der Waals surface area contributed by atoms with Gasteiger partial charge < -0.3 is 14.6 Å². The Balaban J connectivity index is 3.50. The second-order valence-electron chi connectivity index (χ2n) is 18.2. The molecular weight excluding hydrogens is 837 g/mol. The Kier molecular flexibility index (Phi) is 54.5. The van der Waals surface area contributed by atoms with E-state index in [0.717, 1.165) is 116 Å². The molecule has 5 nitrogen and oxygen atoms in total. The highest BCUT2D eigenvalue weighted by atomic mass is 16.6. The van der Waals surface area contributed by atoms with E-state index in [2.05, 4.69) is 135 Å². The number of allylic oxidation sites excluding steroid dienone is 20. The van der Waals surface area contributed by atoms with E-state index in [4.69, 9.17) is 9.47 Å². The van der Waals surface area contributed by atoms with E-state index in [1.807, 2.05) is 0 Å². The largest absolute Gasteiger partial charge is 0.462 e. The molecule has 1 N–H and O–H groups in total. The molecular formula is C63H104O5. The maximum atomic E-state index is 12.3. The minimum absolute atomic E-state index is 0.0827. The highest BCUT2D eigenvalue weighted by Crippen LogP contribution is 2.16. The molecule has 0 bridgehead atoms. The number of esters is 2. The fraction of sp³-hybridized carbons (Fsp3) is 0.651. The van der Waals surface area contributed by atoms with Crippen LogP contribution in [0.1, 0.15) is 245 Å². The fourth-order valence-corrected chi connectivity index (χ4v) is 7.61. The van der Waals surface area contributed by atoms with Gasteiger partial charge in [0.25, 0.3) is 0 Å². The van der Waals surface area contributed by atoms with E-state index >= 15 is 0 Å². The number of aliphatic hydroxyl groups is 1. The van der Waals surface area contributed by atoms with Gasteiger partial charge in [-0.1, -0.05) is 251 Å². The Morgan fingerprint density at radius 3 is 0.882 bits per heavy atom. The number of hydrogen-bond donors (Lipinski definition) is 1. The number of unbranched alkanes of at least 4 members (excludes halogenated alkanes) is 22. The van der Waals surface area contributed by atoms with Crippen molar-refractivity contribution >= 4 is 11.9 Å². The zero-order valence-electron chi connectivity index (χ0n) is 44.1. The summed E-state index contributed by atoms with van der Waals surface area (Å²) >= 11 is 0. The average molecular weight is 942 g/mol. The molecule has 0 aliphatic rings. The summed E-state index contributed by atoms with van der Waals surface area (Å²) in [7, 11) is 0. The van der Waals surface area contributed by atoms with Crippen molar-refractivity contribution in [3.8, 4) is 0 Å². The quantitative estimate of drug-likeness (QED) is 0.0374. The van der Waals surface area contributed by atoms with Crippen molar-refractivity contribution in [3.05, 3.63) is 122 Å². The van der Waals surface area contributed by atoms with Crippen LogP contribution in [-0.4, -0.2) is 36.4 Å². The maximum Gasteiger partial charge on any atom is 0.306 e. The van der Waals surface area contributed by atoms with Crippen LogP contribution in [0.5, 0.6) is 0 Å². The van der Waals surface area contributed by atoms with Crippen LogP contribution >= 0.6 is 0 Å². The number of aliphatic hydroxyl groups excluding tert-OH is 1. The van der Waals surface area contributed by atoms with Gasteiger partial charge in [0.05, 0.1) is 6.61 Å². The van der Waals surface area contributed by atoms with Gasteiger partial charge in [0, 0.05) is 12.8 Å². The van der Waals surface area contributed by atoms with Crippen LogP contribution in [0.2, 0.25) is 0 Å². The van der Waals surface area contributed by atoms with E-state index in [0.29, 0.717) is 12.8 Å². The minimum Gasteiger partial charge on any atom is -0.462 e. The maximum absolute atomic E-state index is 12.3. The van der Waals surface area contributed by atoms with Gasteiger partial charge in [0.15, 0.2) is 6.10 Å². The van der Waals surface area contributed by atoms with Gasteiger partial charge >= 0.3 is 11.9 Å². The Labute approximate surface area is 420 Å². The second kappa shape index (κ2) is 57.6. The Bertz CT molecular complexity index is 1390. The molecule has 0 fully saturated rings. The summed E-state index contributed by atoms with van der Waals surface area (Å²) in [4.78, 5) is 24.5.